The number of benzene rings is 1. The molecule has 0 spiro atoms. The normalized spacial score (nSPS) is 12.5. The lowest BCUT2D eigenvalue weighted by atomic mass is 10.0. The van der Waals surface area contributed by atoms with Gasteiger partial charge in [-0.15, -0.1) is 0 Å². The summed E-state index contributed by atoms with van der Waals surface area (Å²) in [6, 6.07) is 8.40. The Hall–Kier alpha value is -1.31. The van der Waals surface area contributed by atoms with Crippen LogP contribution in [0.15, 0.2) is 24.3 Å². The van der Waals surface area contributed by atoms with Crippen molar-refractivity contribution in [3.8, 4) is 0 Å². The van der Waals surface area contributed by atoms with Crippen LogP contribution >= 0.6 is 0 Å². The van der Waals surface area contributed by atoms with Gasteiger partial charge in [-0.3, -0.25) is 4.79 Å². The minimum absolute atomic E-state index is 0.120. The van der Waals surface area contributed by atoms with E-state index in [4.69, 9.17) is 0 Å². The fourth-order valence-corrected chi connectivity index (χ4v) is 1.87. The van der Waals surface area contributed by atoms with Crippen molar-refractivity contribution in [2.24, 2.45) is 5.92 Å². The van der Waals surface area contributed by atoms with E-state index in [0.717, 1.165) is 18.4 Å². The van der Waals surface area contributed by atoms with Gasteiger partial charge in [-0.2, -0.15) is 0 Å². The van der Waals surface area contributed by atoms with Crippen LogP contribution in [0.1, 0.15) is 44.7 Å². The molecular formula is C16H25NO. The van der Waals surface area contributed by atoms with Crippen molar-refractivity contribution in [1.29, 1.82) is 0 Å². The predicted molar refractivity (Wildman–Crippen MR) is 76.6 cm³/mol. The molecule has 1 N–H and O–H groups in total. The maximum Gasteiger partial charge on any atom is 0.224 e. The molecule has 2 nitrogen and oxygen atoms in total. The zero-order valence-electron chi connectivity index (χ0n) is 12.0. The maximum atomic E-state index is 11.8. The number of carbonyl (C=O) groups excluding carboxylic acids is 1. The number of nitrogens with one attached hydrogen (secondary N) is 1. The topological polar surface area (TPSA) is 29.1 Å². The molecule has 18 heavy (non-hydrogen) atoms. The Morgan fingerprint density at radius 1 is 1.11 bits per heavy atom. The smallest absolute Gasteiger partial charge is 0.224 e. The lowest BCUT2D eigenvalue weighted by Gasteiger charge is -2.15. The van der Waals surface area contributed by atoms with E-state index in [9.17, 15) is 4.79 Å². The van der Waals surface area contributed by atoms with Crippen LogP contribution in [0, 0.1) is 12.8 Å². The summed E-state index contributed by atoms with van der Waals surface area (Å²) < 4.78 is 0. The summed E-state index contributed by atoms with van der Waals surface area (Å²) in [5.41, 5.74) is 2.30. The van der Waals surface area contributed by atoms with Gasteiger partial charge in [0.2, 0.25) is 5.91 Å². The summed E-state index contributed by atoms with van der Waals surface area (Å²) in [5, 5.41) is 3.06. The van der Waals surface area contributed by atoms with Crippen LogP contribution in [0.5, 0.6) is 0 Å². The van der Waals surface area contributed by atoms with Crippen LogP contribution < -0.4 is 5.32 Å². The van der Waals surface area contributed by atoms with Gasteiger partial charge >= 0.3 is 0 Å². The third-order valence-electron chi connectivity index (χ3n) is 3.07. The van der Waals surface area contributed by atoms with E-state index in [2.05, 4.69) is 33.0 Å². The SMILES string of the molecule is Cc1ccc(CC(=O)NC(C)CCC(C)C)cc1. The summed E-state index contributed by atoms with van der Waals surface area (Å²) in [7, 11) is 0. The predicted octanol–water partition coefficient (Wildman–Crippen LogP) is 3.48. The van der Waals surface area contributed by atoms with Crippen molar-refractivity contribution < 1.29 is 4.79 Å². The number of hydrogen-bond donors (Lipinski definition) is 1. The van der Waals surface area contributed by atoms with Gasteiger partial charge in [-0.25, -0.2) is 0 Å². The van der Waals surface area contributed by atoms with Gasteiger partial charge in [0.25, 0.3) is 0 Å². The Bertz CT molecular complexity index is 367. The molecule has 1 amide bonds. The number of rotatable bonds is 6. The van der Waals surface area contributed by atoms with E-state index in [1.807, 2.05) is 24.3 Å². The van der Waals surface area contributed by atoms with E-state index in [1.54, 1.807) is 0 Å². The van der Waals surface area contributed by atoms with E-state index in [-0.39, 0.29) is 11.9 Å². The second-order valence-electron chi connectivity index (χ2n) is 5.60. The van der Waals surface area contributed by atoms with Crippen molar-refractivity contribution in [1.82, 2.24) is 5.32 Å². The van der Waals surface area contributed by atoms with Gasteiger partial charge in [0.05, 0.1) is 6.42 Å². The standard InChI is InChI=1S/C16H25NO/c1-12(2)5-8-14(4)17-16(18)11-15-9-6-13(3)7-10-15/h6-7,9-10,12,14H,5,8,11H2,1-4H3,(H,17,18). The number of amides is 1. The van der Waals surface area contributed by atoms with Crippen molar-refractivity contribution in [2.75, 3.05) is 0 Å². The highest BCUT2D eigenvalue weighted by Gasteiger charge is 2.08. The van der Waals surface area contributed by atoms with Crippen molar-refractivity contribution in [3.05, 3.63) is 35.4 Å². The molecule has 1 aromatic rings. The van der Waals surface area contributed by atoms with Crippen LogP contribution in [-0.2, 0) is 11.2 Å². The molecule has 1 aromatic carbocycles. The van der Waals surface area contributed by atoms with Crippen LogP contribution in [0.3, 0.4) is 0 Å². The van der Waals surface area contributed by atoms with Gasteiger partial charge < -0.3 is 5.32 Å². The maximum absolute atomic E-state index is 11.8. The van der Waals surface area contributed by atoms with Crippen LogP contribution in [0.4, 0.5) is 0 Å². The van der Waals surface area contributed by atoms with Crippen molar-refractivity contribution >= 4 is 5.91 Å². The number of aryl methyl sites for hydroxylation is 1. The lowest BCUT2D eigenvalue weighted by molar-refractivity contribution is -0.121. The molecule has 1 unspecified atom stereocenters. The molecule has 0 bridgehead atoms. The van der Waals surface area contributed by atoms with Crippen LogP contribution in [0.25, 0.3) is 0 Å². The van der Waals surface area contributed by atoms with Crippen LogP contribution in [-0.4, -0.2) is 11.9 Å². The molecular weight excluding hydrogens is 222 g/mol. The first-order chi connectivity index (χ1) is 8.47. The van der Waals surface area contributed by atoms with Crippen LogP contribution in [0.2, 0.25) is 0 Å². The Morgan fingerprint density at radius 2 is 1.72 bits per heavy atom. The summed E-state index contributed by atoms with van der Waals surface area (Å²) >= 11 is 0. The molecule has 1 rings (SSSR count). The zero-order valence-corrected chi connectivity index (χ0v) is 12.0. The lowest BCUT2D eigenvalue weighted by Crippen LogP contribution is -2.33. The minimum atomic E-state index is 0.120. The largest absolute Gasteiger partial charge is 0.353 e. The summed E-state index contributed by atoms with van der Waals surface area (Å²) in [6.45, 7) is 8.55. The fraction of sp³-hybridized carbons (Fsp3) is 0.562. The Morgan fingerprint density at radius 3 is 2.28 bits per heavy atom. The fourth-order valence-electron chi connectivity index (χ4n) is 1.87. The molecule has 0 aromatic heterocycles. The van der Waals surface area contributed by atoms with Gasteiger partial charge in [-0.1, -0.05) is 43.7 Å². The molecule has 0 aliphatic carbocycles. The van der Waals surface area contributed by atoms with E-state index in [1.165, 1.54) is 5.56 Å². The third-order valence-corrected chi connectivity index (χ3v) is 3.07. The highest BCUT2D eigenvalue weighted by Crippen LogP contribution is 2.07. The molecule has 1 atom stereocenters. The molecule has 2 heteroatoms. The van der Waals surface area contributed by atoms with Crippen molar-refractivity contribution in [2.45, 2.75) is 53.0 Å². The van der Waals surface area contributed by atoms with Gasteiger partial charge in [0, 0.05) is 6.04 Å². The molecule has 0 aliphatic rings. The molecule has 0 saturated carbocycles. The third kappa shape index (κ3) is 5.85. The number of carbonyl (C=O) groups is 1. The highest BCUT2D eigenvalue weighted by molar-refractivity contribution is 5.78. The number of hydrogen-bond acceptors (Lipinski definition) is 1. The van der Waals surface area contributed by atoms with E-state index >= 15 is 0 Å². The summed E-state index contributed by atoms with van der Waals surface area (Å²) in [4.78, 5) is 11.8. The quantitative estimate of drug-likeness (QED) is 0.819. The summed E-state index contributed by atoms with van der Waals surface area (Å²) in [5.74, 6) is 0.816. The first-order valence-corrected chi connectivity index (χ1v) is 6.82. The van der Waals surface area contributed by atoms with Gasteiger partial charge in [-0.05, 0) is 38.2 Å². The molecule has 0 radical (unpaired) electrons. The molecule has 0 saturated heterocycles. The van der Waals surface area contributed by atoms with Crippen molar-refractivity contribution in [3.63, 3.8) is 0 Å². The molecule has 0 heterocycles. The monoisotopic (exact) mass is 247 g/mol. The first kappa shape index (κ1) is 14.7. The molecule has 0 aliphatic heterocycles. The minimum Gasteiger partial charge on any atom is -0.353 e. The summed E-state index contributed by atoms with van der Waals surface area (Å²) in [6.07, 6.45) is 2.69. The zero-order chi connectivity index (χ0) is 13.5. The molecule has 0 fully saturated rings. The average Bonchev–Trinajstić information content (AvgIpc) is 2.29. The average molecular weight is 247 g/mol. The Labute approximate surface area is 111 Å². The first-order valence-electron chi connectivity index (χ1n) is 6.82. The van der Waals surface area contributed by atoms with Gasteiger partial charge in [0.15, 0.2) is 0 Å². The second kappa shape index (κ2) is 7.20. The Kier molecular flexibility index (Phi) is 5.90. The van der Waals surface area contributed by atoms with E-state index in [0.29, 0.717) is 12.3 Å². The van der Waals surface area contributed by atoms with E-state index < -0.39 is 0 Å². The second-order valence-corrected chi connectivity index (χ2v) is 5.60. The van der Waals surface area contributed by atoms with Gasteiger partial charge in [0.1, 0.15) is 0 Å². The molecule has 100 valence electrons. The Balaban J connectivity index is 2.34. The highest BCUT2D eigenvalue weighted by atomic mass is 16.1.